The Kier molecular flexibility index (Phi) is 2.60. The van der Waals surface area contributed by atoms with Gasteiger partial charge in [0.15, 0.2) is 0 Å². The van der Waals surface area contributed by atoms with E-state index in [2.05, 4.69) is 5.32 Å². The molecule has 3 heteroatoms. The van der Waals surface area contributed by atoms with Crippen LogP contribution in [-0.4, -0.2) is 18.1 Å². The smallest absolute Gasteiger partial charge is 0.251 e. The van der Waals surface area contributed by atoms with Crippen LogP contribution in [0.3, 0.4) is 0 Å². The SMILES string of the molecule is CNC(=O)c1cc(O)c2cc3ccccc3cc2c1. The summed E-state index contributed by atoms with van der Waals surface area (Å²) in [6, 6.07) is 15.2. The molecule has 0 unspecified atom stereocenters. The number of fused-ring (bicyclic) bond motifs is 2. The lowest BCUT2D eigenvalue weighted by molar-refractivity contribution is 0.0963. The fraction of sp³-hybridized carbons (Fsp3) is 0.0625. The van der Waals surface area contributed by atoms with Gasteiger partial charge in [-0.05, 0) is 40.4 Å². The van der Waals surface area contributed by atoms with Gasteiger partial charge in [-0.15, -0.1) is 0 Å². The molecule has 0 aromatic heterocycles. The molecule has 0 bridgehead atoms. The zero-order valence-electron chi connectivity index (χ0n) is 10.5. The number of carbonyl (C=O) groups is 1. The van der Waals surface area contributed by atoms with E-state index in [1.54, 1.807) is 13.1 Å². The highest BCUT2D eigenvalue weighted by Gasteiger charge is 2.09. The highest BCUT2D eigenvalue weighted by Crippen LogP contribution is 2.30. The molecule has 3 aromatic carbocycles. The van der Waals surface area contributed by atoms with E-state index in [-0.39, 0.29) is 11.7 Å². The molecule has 0 spiro atoms. The molecule has 3 rings (SSSR count). The first-order chi connectivity index (χ1) is 9.19. The van der Waals surface area contributed by atoms with E-state index in [1.165, 1.54) is 6.07 Å². The summed E-state index contributed by atoms with van der Waals surface area (Å²) in [6.07, 6.45) is 0. The van der Waals surface area contributed by atoms with Gasteiger partial charge in [0.05, 0.1) is 0 Å². The number of phenolic OH excluding ortho intramolecular Hbond substituents is 1. The zero-order valence-corrected chi connectivity index (χ0v) is 10.5. The number of phenols is 1. The Bertz CT molecular complexity index is 793. The molecule has 1 amide bonds. The fourth-order valence-electron chi connectivity index (χ4n) is 2.31. The molecule has 0 radical (unpaired) electrons. The first-order valence-electron chi connectivity index (χ1n) is 6.06. The van der Waals surface area contributed by atoms with Crippen LogP contribution in [-0.2, 0) is 0 Å². The van der Waals surface area contributed by atoms with Crippen LogP contribution in [0, 0.1) is 0 Å². The van der Waals surface area contributed by atoms with Crippen LogP contribution in [0.5, 0.6) is 5.75 Å². The average Bonchev–Trinajstić information content (AvgIpc) is 2.44. The summed E-state index contributed by atoms with van der Waals surface area (Å²) in [5.41, 5.74) is 0.461. The molecule has 0 saturated carbocycles. The maximum absolute atomic E-state index is 11.7. The lowest BCUT2D eigenvalue weighted by Gasteiger charge is -2.07. The number of hydrogen-bond donors (Lipinski definition) is 2. The monoisotopic (exact) mass is 251 g/mol. The van der Waals surface area contributed by atoms with Crippen molar-refractivity contribution in [2.24, 2.45) is 0 Å². The third kappa shape index (κ3) is 1.89. The largest absolute Gasteiger partial charge is 0.507 e. The van der Waals surface area contributed by atoms with Crippen molar-refractivity contribution in [1.82, 2.24) is 5.32 Å². The van der Waals surface area contributed by atoms with Gasteiger partial charge >= 0.3 is 0 Å². The van der Waals surface area contributed by atoms with Gasteiger partial charge in [-0.3, -0.25) is 4.79 Å². The molecular formula is C16H13NO2. The molecule has 0 aliphatic heterocycles. The summed E-state index contributed by atoms with van der Waals surface area (Å²) in [5.74, 6) is -0.0767. The molecule has 19 heavy (non-hydrogen) atoms. The number of rotatable bonds is 1. The van der Waals surface area contributed by atoms with Crippen LogP contribution >= 0.6 is 0 Å². The molecule has 0 aliphatic carbocycles. The Labute approximate surface area is 110 Å². The standard InChI is InChI=1S/C16H13NO2/c1-17-16(19)13-7-12-6-10-4-2-3-5-11(10)8-14(12)15(18)9-13/h2-9,18H,1H3,(H,17,19). The summed E-state index contributed by atoms with van der Waals surface area (Å²) in [4.78, 5) is 11.7. The van der Waals surface area contributed by atoms with Crippen LogP contribution in [0.4, 0.5) is 0 Å². The van der Waals surface area contributed by atoms with Gasteiger partial charge in [-0.25, -0.2) is 0 Å². The van der Waals surface area contributed by atoms with Crippen molar-refractivity contribution in [3.63, 3.8) is 0 Å². The summed E-state index contributed by atoms with van der Waals surface area (Å²) in [7, 11) is 1.57. The van der Waals surface area contributed by atoms with E-state index in [0.717, 1.165) is 21.5 Å². The van der Waals surface area contributed by atoms with Crippen molar-refractivity contribution in [1.29, 1.82) is 0 Å². The maximum Gasteiger partial charge on any atom is 0.251 e. The number of aromatic hydroxyl groups is 1. The summed E-state index contributed by atoms with van der Waals surface area (Å²) in [5, 5.41) is 16.4. The number of nitrogens with one attached hydrogen (secondary N) is 1. The third-order valence-corrected chi connectivity index (χ3v) is 3.29. The molecule has 94 valence electrons. The Balaban J connectivity index is 2.34. The van der Waals surface area contributed by atoms with Gasteiger partial charge in [-0.2, -0.15) is 0 Å². The molecular weight excluding hydrogens is 238 g/mol. The molecule has 0 fully saturated rings. The quantitative estimate of drug-likeness (QED) is 0.653. The van der Waals surface area contributed by atoms with Crippen LogP contribution in [0.2, 0.25) is 0 Å². The van der Waals surface area contributed by atoms with E-state index in [0.29, 0.717) is 5.56 Å². The molecule has 2 N–H and O–H groups in total. The molecule has 0 heterocycles. The van der Waals surface area contributed by atoms with Gasteiger partial charge < -0.3 is 10.4 Å². The maximum atomic E-state index is 11.7. The van der Waals surface area contributed by atoms with E-state index in [4.69, 9.17) is 0 Å². The minimum absolute atomic E-state index is 0.127. The van der Waals surface area contributed by atoms with Crippen LogP contribution < -0.4 is 5.32 Å². The lowest BCUT2D eigenvalue weighted by Crippen LogP contribution is -2.17. The topological polar surface area (TPSA) is 49.3 Å². The van der Waals surface area contributed by atoms with Crippen molar-refractivity contribution in [3.05, 3.63) is 54.1 Å². The highest BCUT2D eigenvalue weighted by molar-refractivity contribution is 6.05. The van der Waals surface area contributed by atoms with E-state index >= 15 is 0 Å². The molecule has 0 saturated heterocycles. The number of carbonyl (C=O) groups excluding carboxylic acids is 1. The molecule has 0 atom stereocenters. The first kappa shape index (κ1) is 11.5. The van der Waals surface area contributed by atoms with Gasteiger partial charge in [0.2, 0.25) is 0 Å². The minimum atomic E-state index is -0.203. The van der Waals surface area contributed by atoms with E-state index in [9.17, 15) is 9.90 Å². The van der Waals surface area contributed by atoms with Gasteiger partial charge in [0.25, 0.3) is 5.91 Å². The normalized spacial score (nSPS) is 10.8. The van der Waals surface area contributed by atoms with Crippen LogP contribution in [0.25, 0.3) is 21.5 Å². The lowest BCUT2D eigenvalue weighted by atomic mass is 10.0. The second-order valence-electron chi connectivity index (χ2n) is 4.49. The molecule has 3 aromatic rings. The van der Waals surface area contributed by atoms with Crippen molar-refractivity contribution >= 4 is 27.5 Å². The minimum Gasteiger partial charge on any atom is -0.507 e. The van der Waals surface area contributed by atoms with Crippen molar-refractivity contribution in [2.75, 3.05) is 7.05 Å². The van der Waals surface area contributed by atoms with Gasteiger partial charge in [0.1, 0.15) is 5.75 Å². The second kappa shape index (κ2) is 4.28. The predicted octanol–water partition coefficient (Wildman–Crippen LogP) is 3.06. The van der Waals surface area contributed by atoms with E-state index in [1.807, 2.05) is 36.4 Å². The fourth-order valence-corrected chi connectivity index (χ4v) is 2.31. The first-order valence-corrected chi connectivity index (χ1v) is 6.06. The summed E-state index contributed by atoms with van der Waals surface area (Å²) >= 11 is 0. The molecule has 3 nitrogen and oxygen atoms in total. The number of benzene rings is 3. The van der Waals surface area contributed by atoms with Gasteiger partial charge in [-0.1, -0.05) is 24.3 Å². The zero-order chi connectivity index (χ0) is 13.4. The van der Waals surface area contributed by atoms with E-state index < -0.39 is 0 Å². The van der Waals surface area contributed by atoms with Crippen LogP contribution in [0.15, 0.2) is 48.5 Å². The summed E-state index contributed by atoms with van der Waals surface area (Å²) in [6.45, 7) is 0. The number of hydrogen-bond acceptors (Lipinski definition) is 2. The van der Waals surface area contributed by atoms with Crippen molar-refractivity contribution < 1.29 is 9.90 Å². The van der Waals surface area contributed by atoms with Crippen molar-refractivity contribution in [2.45, 2.75) is 0 Å². The highest BCUT2D eigenvalue weighted by atomic mass is 16.3. The Morgan fingerprint density at radius 3 is 2.37 bits per heavy atom. The Morgan fingerprint density at radius 2 is 1.68 bits per heavy atom. The average molecular weight is 251 g/mol. The predicted molar refractivity (Wildman–Crippen MR) is 76.5 cm³/mol. The van der Waals surface area contributed by atoms with Crippen LogP contribution in [0.1, 0.15) is 10.4 Å². The molecule has 0 aliphatic rings. The van der Waals surface area contributed by atoms with Crippen molar-refractivity contribution in [3.8, 4) is 5.75 Å². The third-order valence-electron chi connectivity index (χ3n) is 3.29. The summed E-state index contributed by atoms with van der Waals surface area (Å²) < 4.78 is 0. The Morgan fingerprint density at radius 1 is 1.00 bits per heavy atom. The Hall–Kier alpha value is -2.55. The second-order valence-corrected chi connectivity index (χ2v) is 4.49. The number of amides is 1. The van der Waals surface area contributed by atoms with Gasteiger partial charge in [0, 0.05) is 18.0 Å².